The van der Waals surface area contributed by atoms with Crippen LogP contribution in [0, 0.1) is 6.92 Å². The van der Waals surface area contributed by atoms with E-state index in [4.69, 9.17) is 4.42 Å². The maximum Gasteiger partial charge on any atom is 0.216 e. The highest BCUT2D eigenvalue weighted by atomic mass is 16.3. The maximum absolute atomic E-state index is 6.22. The van der Waals surface area contributed by atoms with Crippen molar-refractivity contribution < 1.29 is 8.98 Å². The van der Waals surface area contributed by atoms with E-state index < -0.39 is 0 Å². The summed E-state index contributed by atoms with van der Waals surface area (Å²) in [4.78, 5) is 0. The lowest BCUT2D eigenvalue weighted by molar-refractivity contribution is -0.660. The normalized spacial score (nSPS) is 12.8. The number of fused-ring (bicyclic) bond motifs is 4. The Balaban J connectivity index is 1.93. The van der Waals surface area contributed by atoms with Crippen molar-refractivity contribution in [3.05, 3.63) is 65.4 Å². The van der Waals surface area contributed by atoms with Gasteiger partial charge < -0.3 is 4.42 Å². The SMILES string of the molecule is Cc1ccc2c(oc3ccccc32)c1-c1cc2c(c[n+]1C)C2. The number of hydrogen-bond acceptors (Lipinski definition) is 1. The average Bonchev–Trinajstić information content (AvgIpc) is 3.16. The molecule has 5 rings (SSSR count). The zero-order valence-corrected chi connectivity index (χ0v) is 12.7. The Morgan fingerprint density at radius 2 is 1.86 bits per heavy atom. The molecule has 106 valence electrons. The number of furan rings is 1. The first-order chi connectivity index (χ1) is 10.7. The van der Waals surface area contributed by atoms with Crippen molar-refractivity contribution in [1.29, 1.82) is 0 Å². The van der Waals surface area contributed by atoms with Gasteiger partial charge in [0.1, 0.15) is 18.2 Å². The first-order valence-electron chi connectivity index (χ1n) is 7.65. The third kappa shape index (κ3) is 1.52. The van der Waals surface area contributed by atoms with E-state index in [-0.39, 0.29) is 0 Å². The van der Waals surface area contributed by atoms with Crippen molar-refractivity contribution in [1.82, 2.24) is 0 Å². The van der Waals surface area contributed by atoms with Crippen molar-refractivity contribution in [3.63, 3.8) is 0 Å². The van der Waals surface area contributed by atoms with Crippen molar-refractivity contribution in [2.24, 2.45) is 7.05 Å². The van der Waals surface area contributed by atoms with Crippen molar-refractivity contribution in [2.45, 2.75) is 13.3 Å². The van der Waals surface area contributed by atoms with Crippen LogP contribution in [0.15, 0.2) is 53.1 Å². The van der Waals surface area contributed by atoms with Gasteiger partial charge >= 0.3 is 0 Å². The highest BCUT2D eigenvalue weighted by Gasteiger charge is 2.27. The Morgan fingerprint density at radius 3 is 2.77 bits per heavy atom. The lowest BCUT2D eigenvalue weighted by atomic mass is 10.0. The second-order valence-corrected chi connectivity index (χ2v) is 6.23. The minimum atomic E-state index is 0.957. The Kier molecular flexibility index (Phi) is 2.17. The van der Waals surface area contributed by atoms with Gasteiger partial charge in [0, 0.05) is 28.8 Å². The highest BCUT2D eigenvalue weighted by Crippen LogP contribution is 2.38. The number of rotatable bonds is 1. The Labute approximate surface area is 128 Å². The molecule has 22 heavy (non-hydrogen) atoms. The number of pyridine rings is 1. The van der Waals surface area contributed by atoms with Gasteiger partial charge in [0.25, 0.3) is 0 Å². The lowest BCUT2D eigenvalue weighted by Gasteiger charge is -2.04. The summed E-state index contributed by atoms with van der Waals surface area (Å²) < 4.78 is 8.44. The summed E-state index contributed by atoms with van der Waals surface area (Å²) in [5.41, 5.74) is 8.57. The molecule has 1 aliphatic rings. The summed E-state index contributed by atoms with van der Waals surface area (Å²) in [7, 11) is 2.12. The summed E-state index contributed by atoms with van der Waals surface area (Å²) in [5, 5.41) is 2.38. The highest BCUT2D eigenvalue weighted by molar-refractivity contribution is 6.09. The topological polar surface area (TPSA) is 17.0 Å². The quantitative estimate of drug-likeness (QED) is 0.420. The van der Waals surface area contributed by atoms with Gasteiger partial charge in [-0.3, -0.25) is 0 Å². The molecule has 0 fully saturated rings. The Morgan fingerprint density at radius 1 is 1.00 bits per heavy atom. The zero-order chi connectivity index (χ0) is 14.8. The monoisotopic (exact) mass is 286 g/mol. The van der Waals surface area contributed by atoms with E-state index >= 15 is 0 Å². The summed E-state index contributed by atoms with van der Waals surface area (Å²) in [6.45, 7) is 2.16. The summed E-state index contributed by atoms with van der Waals surface area (Å²) in [5.74, 6) is 0. The maximum atomic E-state index is 6.22. The van der Waals surface area contributed by atoms with E-state index in [1.54, 1.807) is 0 Å². The third-order valence-corrected chi connectivity index (χ3v) is 4.72. The number of para-hydroxylation sites is 1. The zero-order valence-electron chi connectivity index (χ0n) is 12.7. The van der Waals surface area contributed by atoms with Gasteiger partial charge in [-0.15, -0.1) is 0 Å². The fourth-order valence-corrected chi connectivity index (χ4v) is 3.46. The van der Waals surface area contributed by atoms with Crippen molar-refractivity contribution in [3.8, 4) is 11.3 Å². The number of aryl methyl sites for hydroxylation is 2. The van der Waals surface area contributed by atoms with Crippen LogP contribution in [-0.2, 0) is 13.5 Å². The molecule has 0 amide bonds. The molecule has 0 atom stereocenters. The van der Waals surface area contributed by atoms with Gasteiger partial charge in [0.05, 0.1) is 5.56 Å². The minimum absolute atomic E-state index is 0.957. The molecule has 0 N–H and O–H groups in total. The molecule has 2 heteroatoms. The number of nitrogens with zero attached hydrogens (tertiary/aromatic N) is 1. The van der Waals surface area contributed by atoms with Crippen LogP contribution in [0.2, 0.25) is 0 Å². The Hall–Kier alpha value is -2.61. The van der Waals surface area contributed by atoms with Crippen LogP contribution in [0.3, 0.4) is 0 Å². The van der Waals surface area contributed by atoms with Crippen molar-refractivity contribution >= 4 is 21.9 Å². The van der Waals surface area contributed by atoms with Crippen LogP contribution in [0.1, 0.15) is 16.7 Å². The molecule has 0 bridgehead atoms. The molecule has 2 nitrogen and oxygen atoms in total. The van der Waals surface area contributed by atoms with E-state index in [1.165, 1.54) is 38.7 Å². The summed E-state index contributed by atoms with van der Waals surface area (Å²) in [6.07, 6.45) is 3.37. The Bertz CT molecular complexity index is 1070. The third-order valence-electron chi connectivity index (χ3n) is 4.72. The van der Waals surface area contributed by atoms with Crippen LogP contribution < -0.4 is 4.57 Å². The first kappa shape index (κ1) is 12.0. The van der Waals surface area contributed by atoms with Gasteiger partial charge in [-0.1, -0.05) is 30.3 Å². The van der Waals surface area contributed by atoms with Crippen LogP contribution in [0.5, 0.6) is 0 Å². The van der Waals surface area contributed by atoms with Crippen LogP contribution in [-0.4, -0.2) is 0 Å². The average molecular weight is 286 g/mol. The van der Waals surface area contributed by atoms with E-state index in [9.17, 15) is 0 Å². The largest absolute Gasteiger partial charge is 0.455 e. The molecule has 0 spiro atoms. The molecular formula is C20H16NO+. The van der Waals surface area contributed by atoms with E-state index in [0.717, 1.165) is 17.6 Å². The summed E-state index contributed by atoms with van der Waals surface area (Å²) >= 11 is 0. The molecular weight excluding hydrogens is 270 g/mol. The van der Waals surface area contributed by atoms with Gasteiger partial charge in [-0.25, -0.2) is 4.57 Å². The smallest absolute Gasteiger partial charge is 0.216 e. The van der Waals surface area contributed by atoms with Gasteiger partial charge in [-0.05, 0) is 24.1 Å². The molecule has 2 aromatic carbocycles. The molecule has 4 aromatic rings. The standard InChI is InChI=1S/C20H16NO/c1-12-7-8-16-15-5-3-4-6-18(15)22-20(16)19(12)17-10-13-9-14(13)11-21(17)2/h3-8,10-11H,9H2,1-2H3/q+1. The fourth-order valence-electron chi connectivity index (χ4n) is 3.46. The molecule has 1 aliphatic carbocycles. The first-order valence-corrected chi connectivity index (χ1v) is 7.65. The number of hydrogen-bond donors (Lipinski definition) is 0. The van der Waals surface area contributed by atoms with Crippen molar-refractivity contribution in [2.75, 3.05) is 0 Å². The van der Waals surface area contributed by atoms with E-state index in [1.807, 2.05) is 12.1 Å². The molecule has 0 saturated carbocycles. The molecule has 0 aliphatic heterocycles. The molecule has 0 radical (unpaired) electrons. The number of benzene rings is 2. The van der Waals surface area contributed by atoms with Crippen LogP contribution in [0.4, 0.5) is 0 Å². The molecule has 2 aromatic heterocycles. The second-order valence-electron chi connectivity index (χ2n) is 6.23. The van der Waals surface area contributed by atoms with E-state index in [2.05, 4.69) is 55.1 Å². The van der Waals surface area contributed by atoms with Gasteiger partial charge in [0.2, 0.25) is 5.69 Å². The van der Waals surface area contributed by atoms with Gasteiger partial charge in [-0.2, -0.15) is 0 Å². The predicted octanol–water partition coefficient (Wildman–Crippen LogP) is 4.29. The summed E-state index contributed by atoms with van der Waals surface area (Å²) in [6, 6.07) is 15.0. The number of aromatic nitrogens is 1. The van der Waals surface area contributed by atoms with Gasteiger partial charge in [0.15, 0.2) is 6.20 Å². The lowest BCUT2D eigenvalue weighted by Crippen LogP contribution is -2.30. The molecule has 0 unspecified atom stereocenters. The van der Waals surface area contributed by atoms with Crippen LogP contribution >= 0.6 is 0 Å². The fraction of sp³-hybridized carbons (Fsp3) is 0.150. The van der Waals surface area contributed by atoms with Crippen LogP contribution in [0.25, 0.3) is 33.2 Å². The van der Waals surface area contributed by atoms with E-state index in [0.29, 0.717) is 0 Å². The predicted molar refractivity (Wildman–Crippen MR) is 87.9 cm³/mol. The molecule has 2 heterocycles. The second kappa shape index (κ2) is 3.98. The molecule has 0 saturated heterocycles. The minimum Gasteiger partial charge on any atom is -0.455 e.